The second kappa shape index (κ2) is 4.78. The van der Waals surface area contributed by atoms with E-state index in [1.54, 1.807) is 19.2 Å². The van der Waals surface area contributed by atoms with Crippen molar-refractivity contribution in [3.05, 3.63) is 42.0 Å². The van der Waals surface area contributed by atoms with Crippen molar-refractivity contribution in [2.24, 2.45) is 0 Å². The number of hydrogen-bond donors (Lipinski definition) is 1. The highest BCUT2D eigenvalue weighted by molar-refractivity contribution is 5.48. The minimum absolute atomic E-state index is 0.298. The highest BCUT2D eigenvalue weighted by atomic mass is 19.1. The first-order valence-corrected chi connectivity index (χ1v) is 5.13. The molecule has 4 nitrogen and oxygen atoms in total. The third-order valence-corrected chi connectivity index (χ3v) is 2.30. The largest absolute Gasteiger partial charge is 0.439 e. The highest BCUT2D eigenvalue weighted by Crippen LogP contribution is 2.25. The van der Waals surface area contributed by atoms with Gasteiger partial charge >= 0.3 is 0 Å². The summed E-state index contributed by atoms with van der Waals surface area (Å²) in [5, 5.41) is 2.94. The Balaban J connectivity index is 2.27. The average Bonchev–Trinajstić information content (AvgIpc) is 2.35. The van der Waals surface area contributed by atoms with Gasteiger partial charge in [0.05, 0.1) is 5.56 Å². The lowest BCUT2D eigenvalue weighted by molar-refractivity contribution is 0.456. The van der Waals surface area contributed by atoms with E-state index in [1.165, 1.54) is 18.5 Å². The van der Waals surface area contributed by atoms with Gasteiger partial charge in [0.2, 0.25) is 5.88 Å². The van der Waals surface area contributed by atoms with Gasteiger partial charge in [-0.05, 0) is 31.2 Å². The van der Waals surface area contributed by atoms with Crippen LogP contribution < -0.4 is 10.1 Å². The molecule has 2 aromatic rings. The van der Waals surface area contributed by atoms with Gasteiger partial charge in [0.25, 0.3) is 0 Å². The number of hydrogen-bond acceptors (Lipinski definition) is 4. The number of nitrogens with zero attached hydrogens (tertiary/aromatic N) is 2. The number of nitrogens with one attached hydrogen (secondary N) is 1. The molecule has 0 fully saturated rings. The molecule has 1 N–H and O–H groups in total. The Morgan fingerprint density at radius 1 is 1.18 bits per heavy atom. The number of halogens is 1. The lowest BCUT2D eigenvalue weighted by Crippen LogP contribution is -1.99. The molecule has 0 saturated heterocycles. The molecule has 1 heterocycles. The summed E-state index contributed by atoms with van der Waals surface area (Å²) in [6.45, 7) is 1.85. The van der Waals surface area contributed by atoms with Crippen LogP contribution in [-0.4, -0.2) is 17.0 Å². The van der Waals surface area contributed by atoms with Crippen LogP contribution in [-0.2, 0) is 0 Å². The molecule has 0 spiro atoms. The smallest absolute Gasteiger partial charge is 0.227 e. The van der Waals surface area contributed by atoms with Crippen LogP contribution >= 0.6 is 0 Å². The Hall–Kier alpha value is -2.17. The molecular formula is C12H12FN3O. The van der Waals surface area contributed by atoms with Gasteiger partial charge in [-0.3, -0.25) is 0 Å². The minimum Gasteiger partial charge on any atom is -0.439 e. The van der Waals surface area contributed by atoms with Crippen LogP contribution in [0.4, 0.5) is 10.2 Å². The van der Waals surface area contributed by atoms with E-state index < -0.39 is 0 Å². The third kappa shape index (κ3) is 2.50. The molecule has 17 heavy (non-hydrogen) atoms. The van der Waals surface area contributed by atoms with E-state index in [2.05, 4.69) is 15.3 Å². The number of ether oxygens (including phenoxy) is 1. The number of aromatic nitrogens is 2. The van der Waals surface area contributed by atoms with Gasteiger partial charge in [-0.15, -0.1) is 0 Å². The topological polar surface area (TPSA) is 47.0 Å². The number of rotatable bonds is 3. The fraction of sp³-hybridized carbons (Fsp3) is 0.167. The zero-order valence-corrected chi connectivity index (χ0v) is 9.57. The molecule has 0 unspecified atom stereocenters. The highest BCUT2D eigenvalue weighted by Gasteiger charge is 2.07. The summed E-state index contributed by atoms with van der Waals surface area (Å²) in [6.07, 6.45) is 1.41. The SMILES string of the molecule is CNc1ncnc(Oc2ccc(F)cc2)c1C. The van der Waals surface area contributed by atoms with Crippen LogP contribution in [0, 0.1) is 12.7 Å². The summed E-state index contributed by atoms with van der Waals surface area (Å²) in [5.74, 6) is 1.40. The molecule has 5 heteroatoms. The van der Waals surface area contributed by atoms with Gasteiger partial charge in [-0.2, -0.15) is 0 Å². The minimum atomic E-state index is -0.298. The standard InChI is InChI=1S/C12H12FN3O/c1-8-11(14-2)15-7-16-12(8)17-10-5-3-9(13)4-6-10/h3-7H,1-2H3,(H,14,15,16). The van der Waals surface area contributed by atoms with Crippen LogP contribution in [0.25, 0.3) is 0 Å². The zero-order chi connectivity index (χ0) is 12.3. The van der Waals surface area contributed by atoms with Gasteiger partial charge in [0.15, 0.2) is 0 Å². The molecule has 0 radical (unpaired) electrons. The summed E-state index contributed by atoms with van der Waals surface area (Å²) in [7, 11) is 1.77. The molecule has 0 aliphatic heterocycles. The second-order valence-electron chi connectivity index (χ2n) is 3.46. The summed E-state index contributed by atoms with van der Waals surface area (Å²) < 4.78 is 18.3. The maximum atomic E-state index is 12.7. The normalized spacial score (nSPS) is 10.1. The predicted molar refractivity (Wildman–Crippen MR) is 62.8 cm³/mol. The third-order valence-electron chi connectivity index (χ3n) is 2.30. The molecule has 0 saturated carbocycles. The Labute approximate surface area is 98.5 Å². The van der Waals surface area contributed by atoms with Crippen molar-refractivity contribution in [2.75, 3.05) is 12.4 Å². The Kier molecular flexibility index (Phi) is 3.18. The van der Waals surface area contributed by atoms with Crippen LogP contribution in [0.2, 0.25) is 0 Å². The lowest BCUT2D eigenvalue weighted by Gasteiger charge is -2.09. The molecule has 0 amide bonds. The summed E-state index contributed by atoms with van der Waals surface area (Å²) >= 11 is 0. The fourth-order valence-electron chi connectivity index (χ4n) is 1.40. The van der Waals surface area contributed by atoms with Gasteiger partial charge in [0.1, 0.15) is 23.7 Å². The summed E-state index contributed by atoms with van der Waals surface area (Å²) in [6, 6.07) is 5.78. The molecule has 0 atom stereocenters. The maximum absolute atomic E-state index is 12.7. The van der Waals surface area contributed by atoms with E-state index in [0.717, 1.165) is 5.56 Å². The van der Waals surface area contributed by atoms with Crippen LogP contribution in [0.3, 0.4) is 0 Å². The van der Waals surface area contributed by atoms with Crippen LogP contribution in [0.15, 0.2) is 30.6 Å². The van der Waals surface area contributed by atoms with E-state index in [0.29, 0.717) is 17.4 Å². The molecule has 88 valence electrons. The molecule has 2 rings (SSSR count). The van der Waals surface area contributed by atoms with Crippen molar-refractivity contribution < 1.29 is 9.13 Å². The fourth-order valence-corrected chi connectivity index (χ4v) is 1.40. The second-order valence-corrected chi connectivity index (χ2v) is 3.46. The van der Waals surface area contributed by atoms with Crippen molar-refractivity contribution >= 4 is 5.82 Å². The summed E-state index contributed by atoms with van der Waals surface area (Å²) in [4.78, 5) is 8.09. The van der Waals surface area contributed by atoms with Gasteiger partial charge in [-0.1, -0.05) is 0 Å². The molecule has 1 aromatic carbocycles. The van der Waals surface area contributed by atoms with Crippen molar-refractivity contribution in [3.63, 3.8) is 0 Å². The van der Waals surface area contributed by atoms with E-state index in [1.807, 2.05) is 6.92 Å². The van der Waals surface area contributed by atoms with E-state index in [9.17, 15) is 4.39 Å². The molecule has 1 aromatic heterocycles. The Morgan fingerprint density at radius 3 is 2.53 bits per heavy atom. The van der Waals surface area contributed by atoms with Crippen LogP contribution in [0.1, 0.15) is 5.56 Å². The van der Waals surface area contributed by atoms with Gasteiger partial charge < -0.3 is 10.1 Å². The van der Waals surface area contributed by atoms with Crippen LogP contribution in [0.5, 0.6) is 11.6 Å². The summed E-state index contributed by atoms with van der Waals surface area (Å²) in [5.41, 5.74) is 0.805. The van der Waals surface area contributed by atoms with Crippen molar-refractivity contribution in [2.45, 2.75) is 6.92 Å². The van der Waals surface area contributed by atoms with Gasteiger partial charge in [-0.25, -0.2) is 14.4 Å². The van der Waals surface area contributed by atoms with Crippen molar-refractivity contribution in [3.8, 4) is 11.6 Å². The number of anilines is 1. The lowest BCUT2D eigenvalue weighted by atomic mass is 10.3. The first kappa shape index (κ1) is 11.3. The van der Waals surface area contributed by atoms with Crippen molar-refractivity contribution in [1.29, 1.82) is 0 Å². The molecule has 0 aliphatic carbocycles. The first-order chi connectivity index (χ1) is 8.20. The molecular weight excluding hydrogens is 221 g/mol. The molecule has 0 bridgehead atoms. The average molecular weight is 233 g/mol. The zero-order valence-electron chi connectivity index (χ0n) is 9.57. The maximum Gasteiger partial charge on any atom is 0.227 e. The Morgan fingerprint density at radius 2 is 1.88 bits per heavy atom. The van der Waals surface area contributed by atoms with E-state index in [4.69, 9.17) is 4.74 Å². The van der Waals surface area contributed by atoms with Gasteiger partial charge in [0, 0.05) is 7.05 Å². The Bertz CT molecular complexity index is 514. The van der Waals surface area contributed by atoms with E-state index >= 15 is 0 Å². The predicted octanol–water partition coefficient (Wildman–Crippen LogP) is 2.76. The van der Waals surface area contributed by atoms with E-state index in [-0.39, 0.29) is 5.82 Å². The quantitative estimate of drug-likeness (QED) is 0.885. The van der Waals surface area contributed by atoms with Crippen molar-refractivity contribution in [1.82, 2.24) is 9.97 Å². The first-order valence-electron chi connectivity index (χ1n) is 5.13. The molecule has 0 aliphatic rings. The monoisotopic (exact) mass is 233 g/mol. The number of benzene rings is 1.